The van der Waals surface area contributed by atoms with Gasteiger partial charge in [0.1, 0.15) is 17.3 Å². The van der Waals surface area contributed by atoms with Crippen molar-refractivity contribution in [1.82, 2.24) is 15.8 Å². The number of nitrogens with one attached hydrogen (secondary N) is 2. The number of hydrazine groups is 1. The number of fused-ring (bicyclic) bond motifs is 1. The van der Waals surface area contributed by atoms with E-state index in [1.54, 1.807) is 17.1 Å². The number of hydrogen-bond donors (Lipinski definition) is 2. The first kappa shape index (κ1) is 22.6. The van der Waals surface area contributed by atoms with Crippen LogP contribution in [0.5, 0.6) is 11.5 Å². The molecule has 7 nitrogen and oxygen atoms in total. The first-order valence-electron chi connectivity index (χ1n) is 10.2. The lowest BCUT2D eigenvalue weighted by Crippen LogP contribution is -2.53. The van der Waals surface area contributed by atoms with Crippen LogP contribution in [0.2, 0.25) is 10.0 Å². The van der Waals surface area contributed by atoms with Crippen LogP contribution in [0.25, 0.3) is 0 Å². The number of hydrogen-bond acceptors (Lipinski definition) is 5. The van der Waals surface area contributed by atoms with Crippen molar-refractivity contribution in [2.45, 2.75) is 31.4 Å². The third kappa shape index (κ3) is 5.62. The highest BCUT2D eigenvalue weighted by molar-refractivity contribution is 6.31. The second-order valence-corrected chi connectivity index (χ2v) is 8.58. The lowest BCUT2D eigenvalue weighted by Gasteiger charge is -2.32. The van der Waals surface area contributed by atoms with E-state index in [4.69, 9.17) is 32.7 Å². The van der Waals surface area contributed by atoms with Gasteiger partial charge in [0.05, 0.1) is 5.02 Å². The molecular formula is C22H22Cl2FN3O4. The molecule has 2 aliphatic heterocycles. The maximum absolute atomic E-state index is 13.4. The summed E-state index contributed by atoms with van der Waals surface area (Å²) in [6, 6.07) is 9.33. The van der Waals surface area contributed by atoms with Crippen LogP contribution < -0.4 is 20.2 Å². The van der Waals surface area contributed by atoms with Gasteiger partial charge in [0.2, 0.25) is 0 Å². The molecule has 2 aliphatic rings. The van der Waals surface area contributed by atoms with Gasteiger partial charge in [-0.1, -0.05) is 23.2 Å². The van der Waals surface area contributed by atoms with E-state index >= 15 is 0 Å². The third-order valence-electron chi connectivity index (χ3n) is 5.37. The molecule has 32 heavy (non-hydrogen) atoms. The number of piperidine rings is 1. The minimum Gasteiger partial charge on any atom is -0.484 e. The molecule has 2 amide bonds. The number of carbonyl (C=O) groups is 2. The number of nitrogens with zero attached hydrogens (tertiary/aromatic N) is 1. The SMILES string of the molecule is O=C(COc1ccc(Cl)c(F)c1)NN1CCC(NC(=O)C2Cc3cc(Cl)ccc3O2)CC1. The number of halogens is 3. The summed E-state index contributed by atoms with van der Waals surface area (Å²) in [6.07, 6.45) is 1.30. The predicted molar refractivity (Wildman–Crippen MR) is 117 cm³/mol. The molecule has 0 radical (unpaired) electrons. The predicted octanol–water partition coefficient (Wildman–Crippen LogP) is 3.13. The minimum atomic E-state index is -0.607. The van der Waals surface area contributed by atoms with E-state index < -0.39 is 11.9 Å². The van der Waals surface area contributed by atoms with E-state index in [1.807, 2.05) is 6.07 Å². The van der Waals surface area contributed by atoms with Gasteiger partial charge in [0.25, 0.3) is 11.8 Å². The van der Waals surface area contributed by atoms with Crippen LogP contribution in [0.15, 0.2) is 36.4 Å². The number of benzene rings is 2. The normalized spacial score (nSPS) is 18.5. The summed E-state index contributed by atoms with van der Waals surface area (Å²) < 4.78 is 24.5. The van der Waals surface area contributed by atoms with Crippen LogP contribution in [-0.4, -0.2) is 48.7 Å². The Morgan fingerprint density at radius 1 is 1.16 bits per heavy atom. The molecular weight excluding hydrogens is 460 g/mol. The average molecular weight is 482 g/mol. The van der Waals surface area contributed by atoms with Crippen molar-refractivity contribution in [3.8, 4) is 11.5 Å². The molecule has 2 aromatic carbocycles. The smallest absolute Gasteiger partial charge is 0.272 e. The van der Waals surface area contributed by atoms with Gasteiger partial charge >= 0.3 is 0 Å². The third-order valence-corrected chi connectivity index (χ3v) is 5.92. The largest absolute Gasteiger partial charge is 0.484 e. The van der Waals surface area contributed by atoms with Crippen molar-refractivity contribution in [1.29, 1.82) is 0 Å². The Bertz CT molecular complexity index is 1010. The Labute approximate surface area is 194 Å². The Balaban J connectivity index is 1.17. The first-order valence-corrected chi connectivity index (χ1v) is 11.0. The summed E-state index contributed by atoms with van der Waals surface area (Å²) >= 11 is 11.6. The van der Waals surface area contributed by atoms with E-state index in [9.17, 15) is 14.0 Å². The van der Waals surface area contributed by atoms with Crippen molar-refractivity contribution < 1.29 is 23.5 Å². The highest BCUT2D eigenvalue weighted by Crippen LogP contribution is 2.31. The van der Waals surface area contributed by atoms with Crippen molar-refractivity contribution in [3.05, 3.63) is 57.8 Å². The standard InChI is InChI=1S/C22H22Cl2FN3O4/c23-14-1-4-19-13(9-14)10-20(32-19)22(30)26-15-5-7-28(8-6-15)27-21(29)12-31-16-2-3-17(24)18(25)11-16/h1-4,9,11,15,20H,5-8,10,12H2,(H,26,30)(H,27,29). The minimum absolute atomic E-state index is 0.000144. The summed E-state index contributed by atoms with van der Waals surface area (Å²) in [7, 11) is 0. The highest BCUT2D eigenvalue weighted by atomic mass is 35.5. The Kier molecular flexibility index (Phi) is 7.03. The topological polar surface area (TPSA) is 79.9 Å². The molecule has 0 aromatic heterocycles. The monoisotopic (exact) mass is 481 g/mol. The summed E-state index contributed by atoms with van der Waals surface area (Å²) in [6.45, 7) is 0.905. The molecule has 170 valence electrons. The fourth-order valence-corrected chi connectivity index (χ4v) is 4.03. The molecule has 1 fully saturated rings. The van der Waals surface area contributed by atoms with Gasteiger partial charge in [-0.3, -0.25) is 15.0 Å². The lowest BCUT2D eigenvalue weighted by molar-refractivity contribution is -0.130. The van der Waals surface area contributed by atoms with Crippen LogP contribution in [0, 0.1) is 5.82 Å². The molecule has 2 heterocycles. The summed E-state index contributed by atoms with van der Waals surface area (Å²) in [4.78, 5) is 24.7. The maximum Gasteiger partial charge on any atom is 0.272 e. The maximum atomic E-state index is 13.4. The molecule has 1 saturated heterocycles. The molecule has 0 aliphatic carbocycles. The summed E-state index contributed by atoms with van der Waals surface area (Å²) in [5.41, 5.74) is 3.69. The Hall–Kier alpha value is -2.55. The first-order chi connectivity index (χ1) is 15.4. The molecule has 2 aromatic rings. The Morgan fingerprint density at radius 2 is 1.94 bits per heavy atom. The number of rotatable bonds is 6. The molecule has 0 bridgehead atoms. The van der Waals surface area contributed by atoms with Crippen LogP contribution in [0.1, 0.15) is 18.4 Å². The Morgan fingerprint density at radius 3 is 2.69 bits per heavy atom. The van der Waals surface area contributed by atoms with E-state index in [2.05, 4.69) is 10.7 Å². The van der Waals surface area contributed by atoms with Gasteiger partial charge in [-0.15, -0.1) is 0 Å². The van der Waals surface area contributed by atoms with E-state index in [0.717, 1.165) is 11.6 Å². The lowest BCUT2D eigenvalue weighted by atomic mass is 10.0. The zero-order chi connectivity index (χ0) is 22.7. The van der Waals surface area contributed by atoms with Crippen molar-refractivity contribution in [3.63, 3.8) is 0 Å². The zero-order valence-corrected chi connectivity index (χ0v) is 18.6. The van der Waals surface area contributed by atoms with Crippen LogP contribution in [-0.2, 0) is 16.0 Å². The molecule has 1 unspecified atom stereocenters. The number of amides is 2. The molecule has 4 rings (SSSR count). The fraction of sp³-hybridized carbons (Fsp3) is 0.364. The van der Waals surface area contributed by atoms with Gasteiger partial charge in [0, 0.05) is 36.6 Å². The van der Waals surface area contributed by atoms with Crippen molar-refractivity contribution >= 4 is 35.0 Å². The van der Waals surface area contributed by atoms with E-state index in [-0.39, 0.29) is 35.2 Å². The molecule has 0 spiro atoms. The quantitative estimate of drug-likeness (QED) is 0.662. The highest BCUT2D eigenvalue weighted by Gasteiger charge is 2.31. The molecule has 2 N–H and O–H groups in total. The zero-order valence-electron chi connectivity index (χ0n) is 17.1. The molecule has 1 atom stereocenters. The van der Waals surface area contributed by atoms with Gasteiger partial charge < -0.3 is 14.8 Å². The molecule has 10 heteroatoms. The van der Waals surface area contributed by atoms with Gasteiger partial charge in [-0.2, -0.15) is 0 Å². The van der Waals surface area contributed by atoms with Gasteiger partial charge in [-0.25, -0.2) is 9.40 Å². The number of carbonyl (C=O) groups excluding carboxylic acids is 2. The van der Waals surface area contributed by atoms with Crippen LogP contribution >= 0.6 is 23.2 Å². The van der Waals surface area contributed by atoms with Gasteiger partial charge in [0.15, 0.2) is 12.7 Å². The summed E-state index contributed by atoms with van der Waals surface area (Å²) in [5.74, 6) is -0.191. The average Bonchev–Trinajstić information content (AvgIpc) is 3.19. The van der Waals surface area contributed by atoms with Gasteiger partial charge in [-0.05, 0) is 48.7 Å². The number of ether oxygens (including phenoxy) is 2. The van der Waals surface area contributed by atoms with Crippen LogP contribution in [0.4, 0.5) is 4.39 Å². The fourth-order valence-electron chi connectivity index (χ4n) is 3.72. The van der Waals surface area contributed by atoms with Crippen molar-refractivity contribution in [2.24, 2.45) is 0 Å². The van der Waals surface area contributed by atoms with Crippen molar-refractivity contribution in [2.75, 3.05) is 19.7 Å². The van der Waals surface area contributed by atoms with E-state index in [0.29, 0.717) is 43.1 Å². The second-order valence-electron chi connectivity index (χ2n) is 7.73. The molecule has 0 saturated carbocycles. The summed E-state index contributed by atoms with van der Waals surface area (Å²) in [5, 5.41) is 5.42. The second kappa shape index (κ2) is 9.94. The van der Waals surface area contributed by atoms with E-state index in [1.165, 1.54) is 12.1 Å². The van der Waals surface area contributed by atoms with Crippen LogP contribution in [0.3, 0.4) is 0 Å².